The van der Waals surface area contributed by atoms with Crippen LogP contribution in [0.1, 0.15) is 29.2 Å². The summed E-state index contributed by atoms with van der Waals surface area (Å²) in [5, 5.41) is 4.54. The lowest BCUT2D eigenvalue weighted by molar-refractivity contribution is 0.130. The van der Waals surface area contributed by atoms with Gasteiger partial charge in [0.2, 0.25) is 0 Å². The van der Waals surface area contributed by atoms with Gasteiger partial charge in [0.15, 0.2) is 0 Å². The number of anilines is 1. The van der Waals surface area contributed by atoms with Crippen LogP contribution in [0.2, 0.25) is 5.02 Å². The maximum Gasteiger partial charge on any atom is 0.143 e. The fraction of sp³-hybridized carbons (Fsp3) is 0.174. The van der Waals surface area contributed by atoms with Crippen molar-refractivity contribution < 1.29 is 9.23 Å². The van der Waals surface area contributed by atoms with Gasteiger partial charge in [-0.3, -0.25) is 0 Å². The van der Waals surface area contributed by atoms with Crippen molar-refractivity contribution in [1.82, 2.24) is 0 Å². The molecule has 0 spiro atoms. The summed E-state index contributed by atoms with van der Waals surface area (Å²) >= 11 is 6.02. The predicted octanol–water partition coefficient (Wildman–Crippen LogP) is 5.94. The molecule has 0 fully saturated rings. The summed E-state index contributed by atoms with van der Waals surface area (Å²) in [6, 6.07) is 21.0. The highest BCUT2D eigenvalue weighted by Gasteiger charge is 2.18. The van der Waals surface area contributed by atoms with Crippen molar-refractivity contribution in [3.63, 3.8) is 0 Å². The van der Waals surface area contributed by atoms with E-state index < -0.39 is 0 Å². The molecule has 0 bridgehead atoms. The van der Waals surface area contributed by atoms with E-state index in [9.17, 15) is 4.39 Å². The number of halogens is 2. The smallest absolute Gasteiger partial charge is 0.143 e. The van der Waals surface area contributed by atoms with Gasteiger partial charge in [-0.05, 0) is 42.3 Å². The molecular weight excluding hydrogens is 375 g/mol. The Morgan fingerprint density at radius 1 is 1.04 bits per heavy atom. The lowest BCUT2D eigenvalue weighted by Crippen LogP contribution is -2.14. The van der Waals surface area contributed by atoms with Gasteiger partial charge < -0.3 is 9.74 Å². The molecule has 1 aliphatic heterocycles. The van der Waals surface area contributed by atoms with Crippen LogP contribution in [0, 0.1) is 5.82 Å². The van der Waals surface area contributed by atoms with Crippen LogP contribution < -0.4 is 4.90 Å². The topological polar surface area (TPSA) is 24.8 Å². The zero-order chi connectivity index (χ0) is 19.5. The van der Waals surface area contributed by atoms with Crippen molar-refractivity contribution in [1.29, 1.82) is 0 Å². The first kappa shape index (κ1) is 18.5. The minimum Gasteiger partial charge on any atom is -0.391 e. The number of benzene rings is 3. The molecule has 0 saturated carbocycles. The molecule has 5 heteroatoms. The van der Waals surface area contributed by atoms with Crippen LogP contribution in [0.15, 0.2) is 71.9 Å². The van der Waals surface area contributed by atoms with Gasteiger partial charge in [0.25, 0.3) is 0 Å². The molecule has 0 aromatic heterocycles. The van der Waals surface area contributed by atoms with Crippen molar-refractivity contribution in [2.75, 3.05) is 4.90 Å². The highest BCUT2D eigenvalue weighted by atomic mass is 35.5. The summed E-state index contributed by atoms with van der Waals surface area (Å²) in [4.78, 5) is 7.79. The highest BCUT2D eigenvalue weighted by molar-refractivity contribution is 6.31. The molecule has 1 heterocycles. The number of hydrogen-bond donors (Lipinski definition) is 0. The van der Waals surface area contributed by atoms with Crippen LogP contribution in [0.4, 0.5) is 10.1 Å². The van der Waals surface area contributed by atoms with Crippen LogP contribution in [0.5, 0.6) is 0 Å². The van der Waals surface area contributed by atoms with Gasteiger partial charge in [-0.1, -0.05) is 59.2 Å². The Hall–Kier alpha value is -2.85. The quantitative estimate of drug-likeness (QED) is 0.395. The Kier molecular flexibility index (Phi) is 5.31. The SMILES string of the molecule is C/C(=N/OCc1ccc(F)cc1Cl)c1cccc(N2Cc3ccccc3C2)c1. The monoisotopic (exact) mass is 394 g/mol. The second-order valence-corrected chi connectivity index (χ2v) is 7.27. The van der Waals surface area contributed by atoms with E-state index in [-0.39, 0.29) is 12.4 Å². The van der Waals surface area contributed by atoms with Gasteiger partial charge in [0.05, 0.1) is 10.7 Å². The number of oxime groups is 1. The minimum atomic E-state index is -0.366. The third-order valence-electron chi connectivity index (χ3n) is 4.91. The molecule has 0 radical (unpaired) electrons. The third-order valence-corrected chi connectivity index (χ3v) is 5.26. The molecule has 0 atom stereocenters. The second-order valence-electron chi connectivity index (χ2n) is 6.86. The maximum absolute atomic E-state index is 13.1. The zero-order valence-corrected chi connectivity index (χ0v) is 16.3. The van der Waals surface area contributed by atoms with Gasteiger partial charge >= 0.3 is 0 Å². The molecule has 3 aromatic rings. The highest BCUT2D eigenvalue weighted by Crippen LogP contribution is 2.28. The summed E-state index contributed by atoms with van der Waals surface area (Å²) in [6.07, 6.45) is 0. The Morgan fingerprint density at radius 3 is 2.50 bits per heavy atom. The molecule has 28 heavy (non-hydrogen) atoms. The van der Waals surface area contributed by atoms with Crippen LogP contribution in [-0.2, 0) is 24.5 Å². The molecule has 0 N–H and O–H groups in total. The van der Waals surface area contributed by atoms with Gasteiger partial charge in [0.1, 0.15) is 12.4 Å². The molecule has 0 amide bonds. The second kappa shape index (κ2) is 8.03. The molecule has 0 aliphatic carbocycles. The van der Waals surface area contributed by atoms with Crippen LogP contribution in [-0.4, -0.2) is 5.71 Å². The lowest BCUT2D eigenvalue weighted by atomic mass is 10.1. The van der Waals surface area contributed by atoms with Crippen molar-refractivity contribution in [2.45, 2.75) is 26.6 Å². The van der Waals surface area contributed by atoms with E-state index >= 15 is 0 Å². The van der Waals surface area contributed by atoms with Crippen LogP contribution in [0.25, 0.3) is 0 Å². The zero-order valence-electron chi connectivity index (χ0n) is 15.5. The lowest BCUT2D eigenvalue weighted by Gasteiger charge is -2.18. The molecule has 142 valence electrons. The number of fused-ring (bicyclic) bond motifs is 1. The molecule has 3 nitrogen and oxygen atoms in total. The Morgan fingerprint density at radius 2 is 1.79 bits per heavy atom. The first-order chi connectivity index (χ1) is 13.6. The van der Waals surface area contributed by atoms with E-state index in [0.29, 0.717) is 10.6 Å². The van der Waals surface area contributed by atoms with E-state index in [1.807, 2.05) is 19.1 Å². The van der Waals surface area contributed by atoms with Crippen molar-refractivity contribution in [2.24, 2.45) is 5.16 Å². The summed E-state index contributed by atoms with van der Waals surface area (Å²) in [5.74, 6) is -0.366. The fourth-order valence-corrected chi connectivity index (χ4v) is 3.56. The predicted molar refractivity (Wildman–Crippen MR) is 111 cm³/mol. The minimum absolute atomic E-state index is 0.192. The Balaban J connectivity index is 1.44. The summed E-state index contributed by atoms with van der Waals surface area (Å²) in [7, 11) is 0. The number of rotatable bonds is 5. The average molecular weight is 395 g/mol. The van der Waals surface area contributed by atoms with Crippen molar-refractivity contribution in [3.8, 4) is 0 Å². The van der Waals surface area contributed by atoms with Gasteiger partial charge in [-0.25, -0.2) is 4.39 Å². The van der Waals surface area contributed by atoms with E-state index in [0.717, 1.165) is 30.1 Å². The fourth-order valence-electron chi connectivity index (χ4n) is 3.33. The normalized spacial score (nSPS) is 13.5. The van der Waals surface area contributed by atoms with E-state index in [4.69, 9.17) is 16.4 Å². The van der Waals surface area contributed by atoms with Gasteiger partial charge in [-0.15, -0.1) is 0 Å². The number of nitrogens with zero attached hydrogens (tertiary/aromatic N) is 2. The van der Waals surface area contributed by atoms with E-state index in [1.165, 1.54) is 23.3 Å². The van der Waals surface area contributed by atoms with Gasteiger partial charge in [0, 0.05) is 29.9 Å². The van der Waals surface area contributed by atoms with Crippen LogP contribution >= 0.6 is 11.6 Å². The molecule has 3 aromatic carbocycles. The number of hydrogen-bond acceptors (Lipinski definition) is 3. The Labute approximate surface area is 169 Å². The maximum atomic E-state index is 13.1. The van der Waals surface area contributed by atoms with Crippen LogP contribution in [0.3, 0.4) is 0 Å². The summed E-state index contributed by atoms with van der Waals surface area (Å²) in [5.41, 5.74) is 6.37. The first-order valence-corrected chi connectivity index (χ1v) is 9.50. The summed E-state index contributed by atoms with van der Waals surface area (Å²) in [6.45, 7) is 3.92. The average Bonchev–Trinajstić information content (AvgIpc) is 3.14. The largest absolute Gasteiger partial charge is 0.391 e. The molecule has 0 unspecified atom stereocenters. The molecule has 4 rings (SSSR count). The molecule has 0 saturated heterocycles. The molecule has 1 aliphatic rings. The van der Waals surface area contributed by atoms with E-state index in [2.05, 4.69) is 46.5 Å². The first-order valence-electron chi connectivity index (χ1n) is 9.13. The van der Waals surface area contributed by atoms with Crippen molar-refractivity contribution in [3.05, 3.63) is 99.8 Å². The van der Waals surface area contributed by atoms with E-state index in [1.54, 1.807) is 6.07 Å². The van der Waals surface area contributed by atoms with Crippen molar-refractivity contribution >= 4 is 23.0 Å². The standard InChI is InChI=1S/C23H20ClFN2O/c1-16(26-28-15-20-9-10-21(25)12-23(20)24)17-7-4-8-22(11-17)27-13-18-5-2-3-6-19(18)14-27/h2-12H,13-15H2,1H3/b26-16-. The molecular formula is C23H20ClFN2O. The Bertz CT molecular complexity index is 1010. The summed E-state index contributed by atoms with van der Waals surface area (Å²) < 4.78 is 13.1. The van der Waals surface area contributed by atoms with Gasteiger partial charge in [-0.2, -0.15) is 0 Å². The third kappa shape index (κ3) is 4.02.